The number of rotatable bonds is 5. The highest BCUT2D eigenvalue weighted by Gasteiger charge is 2.23. The van der Waals surface area contributed by atoms with Crippen LogP contribution in [0, 0.1) is 6.92 Å². The third kappa shape index (κ3) is 3.47. The normalized spacial score (nSPS) is 15.8. The Morgan fingerprint density at radius 2 is 1.89 bits per heavy atom. The Hall–Kier alpha value is -2.87. The van der Waals surface area contributed by atoms with Gasteiger partial charge in [0.15, 0.2) is 11.5 Å². The van der Waals surface area contributed by atoms with Crippen molar-refractivity contribution in [1.29, 1.82) is 0 Å². The number of aryl methyl sites for hydroxylation is 1. The molecule has 8 heteroatoms. The highest BCUT2D eigenvalue weighted by Crippen LogP contribution is 2.31. The number of fused-ring (bicyclic) bond motifs is 1. The van der Waals surface area contributed by atoms with Crippen LogP contribution in [0.1, 0.15) is 35.8 Å². The molecular weight excluding hydrogens is 358 g/mol. The second kappa shape index (κ2) is 7.63. The third-order valence-corrected chi connectivity index (χ3v) is 5.53. The van der Waals surface area contributed by atoms with Crippen molar-refractivity contribution < 1.29 is 9.47 Å². The molecule has 1 saturated heterocycles. The monoisotopic (exact) mass is 383 g/mol. The van der Waals surface area contributed by atoms with Crippen LogP contribution in [0.3, 0.4) is 0 Å². The largest absolute Gasteiger partial charge is 0.493 e. The maximum Gasteiger partial charge on any atom is 0.258 e. The number of likely N-dealkylation sites (tertiary alicyclic amines) is 1. The number of aromatic amines is 2. The molecule has 0 radical (unpaired) electrons. The molecule has 2 N–H and O–H groups in total. The Labute approximate surface area is 162 Å². The van der Waals surface area contributed by atoms with E-state index < -0.39 is 0 Å². The summed E-state index contributed by atoms with van der Waals surface area (Å²) in [6, 6.07) is 3.42. The summed E-state index contributed by atoms with van der Waals surface area (Å²) >= 11 is 0. The van der Waals surface area contributed by atoms with Gasteiger partial charge in [0, 0.05) is 11.8 Å². The Bertz CT molecular complexity index is 1030. The van der Waals surface area contributed by atoms with Gasteiger partial charge < -0.3 is 14.5 Å². The molecule has 1 aliphatic heterocycles. The number of H-pyrrole nitrogens is 2. The van der Waals surface area contributed by atoms with Crippen LogP contribution in [0.2, 0.25) is 0 Å². The van der Waals surface area contributed by atoms with Gasteiger partial charge in [0.25, 0.3) is 5.56 Å². The summed E-state index contributed by atoms with van der Waals surface area (Å²) in [5, 5.41) is 7.66. The average Bonchev–Trinajstić information content (AvgIpc) is 3.13. The van der Waals surface area contributed by atoms with Crippen molar-refractivity contribution in [2.75, 3.05) is 27.3 Å². The molecule has 0 spiro atoms. The molecule has 0 atom stereocenters. The molecule has 1 aliphatic rings. The van der Waals surface area contributed by atoms with Crippen LogP contribution in [-0.4, -0.2) is 52.4 Å². The number of hydrogen-bond acceptors (Lipinski definition) is 6. The average molecular weight is 383 g/mol. The van der Waals surface area contributed by atoms with E-state index in [1.165, 1.54) is 5.56 Å². The van der Waals surface area contributed by atoms with Gasteiger partial charge in [-0.25, -0.2) is 4.98 Å². The fourth-order valence-electron chi connectivity index (χ4n) is 3.97. The van der Waals surface area contributed by atoms with Crippen molar-refractivity contribution in [2.45, 2.75) is 32.2 Å². The zero-order valence-corrected chi connectivity index (χ0v) is 16.4. The molecule has 0 aliphatic carbocycles. The van der Waals surface area contributed by atoms with Crippen molar-refractivity contribution in [2.24, 2.45) is 0 Å². The quantitative estimate of drug-likeness (QED) is 0.702. The van der Waals surface area contributed by atoms with Gasteiger partial charge in [0.1, 0.15) is 5.82 Å². The molecule has 3 heterocycles. The smallest absolute Gasteiger partial charge is 0.258 e. The molecule has 1 fully saturated rings. The number of benzene rings is 1. The van der Waals surface area contributed by atoms with Crippen molar-refractivity contribution >= 4 is 10.9 Å². The van der Waals surface area contributed by atoms with Crippen molar-refractivity contribution in [3.8, 4) is 11.5 Å². The number of nitrogens with zero attached hydrogens (tertiary/aromatic N) is 3. The Kier molecular flexibility index (Phi) is 5.04. The molecular formula is C20H25N5O3. The highest BCUT2D eigenvalue weighted by molar-refractivity contribution is 5.81. The summed E-state index contributed by atoms with van der Waals surface area (Å²) in [5.41, 5.74) is 2.92. The summed E-state index contributed by atoms with van der Waals surface area (Å²) < 4.78 is 10.6. The van der Waals surface area contributed by atoms with Crippen LogP contribution in [-0.2, 0) is 6.54 Å². The third-order valence-electron chi connectivity index (χ3n) is 5.53. The van der Waals surface area contributed by atoms with Gasteiger partial charge in [-0.15, -0.1) is 0 Å². The lowest BCUT2D eigenvalue weighted by molar-refractivity contribution is 0.200. The number of hydrogen-bond donors (Lipinski definition) is 2. The lowest BCUT2D eigenvalue weighted by atomic mass is 9.90. The zero-order chi connectivity index (χ0) is 19.7. The van der Waals surface area contributed by atoms with Gasteiger partial charge in [-0.1, -0.05) is 0 Å². The van der Waals surface area contributed by atoms with E-state index in [2.05, 4.69) is 32.0 Å². The summed E-state index contributed by atoms with van der Waals surface area (Å²) in [4.78, 5) is 22.4. The van der Waals surface area contributed by atoms with Gasteiger partial charge in [-0.05, 0) is 50.4 Å². The Morgan fingerprint density at radius 3 is 2.54 bits per heavy atom. The molecule has 1 aromatic carbocycles. The van der Waals surface area contributed by atoms with E-state index in [9.17, 15) is 4.79 Å². The topological polar surface area (TPSA) is 96.1 Å². The minimum Gasteiger partial charge on any atom is -0.493 e. The van der Waals surface area contributed by atoms with Gasteiger partial charge >= 0.3 is 0 Å². The van der Waals surface area contributed by atoms with E-state index in [1.807, 2.05) is 6.20 Å². The maximum atomic E-state index is 12.5. The van der Waals surface area contributed by atoms with Crippen LogP contribution in [0.4, 0.5) is 0 Å². The minimum absolute atomic E-state index is 0.162. The number of aromatic nitrogens is 4. The second-order valence-corrected chi connectivity index (χ2v) is 7.24. The van der Waals surface area contributed by atoms with Crippen molar-refractivity contribution in [3.63, 3.8) is 0 Å². The van der Waals surface area contributed by atoms with Crippen LogP contribution in [0.15, 0.2) is 23.1 Å². The fraction of sp³-hybridized carbons (Fsp3) is 0.450. The van der Waals surface area contributed by atoms with E-state index in [1.54, 1.807) is 26.4 Å². The number of piperidine rings is 1. The first kappa shape index (κ1) is 18.5. The Balaban J connectivity index is 1.51. The lowest BCUT2D eigenvalue weighted by Gasteiger charge is -2.31. The van der Waals surface area contributed by atoms with Crippen LogP contribution in [0.25, 0.3) is 10.9 Å². The lowest BCUT2D eigenvalue weighted by Crippen LogP contribution is -2.33. The standard InChI is InChI=1S/C20H25N5O3/c1-12-15(10-21-24-12)13-4-6-25(7-5-13)11-19-22-16-9-18(28-3)17(27-2)8-14(16)20(26)23-19/h8-10,13H,4-7,11H2,1-3H3,(H,21,24)(H,22,23,26). The number of methoxy groups -OCH3 is 2. The summed E-state index contributed by atoms with van der Waals surface area (Å²) in [5.74, 6) is 2.29. The van der Waals surface area contributed by atoms with E-state index in [4.69, 9.17) is 9.47 Å². The van der Waals surface area contributed by atoms with E-state index in [-0.39, 0.29) is 5.56 Å². The van der Waals surface area contributed by atoms with Gasteiger partial charge in [-0.2, -0.15) is 5.10 Å². The molecule has 0 saturated carbocycles. The predicted molar refractivity (Wildman–Crippen MR) is 106 cm³/mol. The summed E-state index contributed by atoms with van der Waals surface area (Å²) in [7, 11) is 3.12. The van der Waals surface area contributed by atoms with Gasteiger partial charge in [0.2, 0.25) is 0 Å². The molecule has 3 aromatic rings. The van der Waals surface area contributed by atoms with Crippen molar-refractivity contribution in [3.05, 3.63) is 45.8 Å². The molecule has 28 heavy (non-hydrogen) atoms. The Morgan fingerprint density at radius 1 is 1.18 bits per heavy atom. The van der Waals surface area contributed by atoms with Crippen LogP contribution >= 0.6 is 0 Å². The van der Waals surface area contributed by atoms with E-state index in [0.29, 0.717) is 40.7 Å². The maximum absolute atomic E-state index is 12.5. The molecule has 2 aromatic heterocycles. The minimum atomic E-state index is -0.162. The first-order chi connectivity index (χ1) is 13.6. The van der Waals surface area contributed by atoms with Gasteiger partial charge in [-0.3, -0.25) is 14.8 Å². The number of nitrogens with one attached hydrogen (secondary N) is 2. The molecule has 8 nitrogen and oxygen atoms in total. The van der Waals surface area contributed by atoms with E-state index >= 15 is 0 Å². The highest BCUT2D eigenvalue weighted by atomic mass is 16.5. The molecule has 4 rings (SSSR count). The van der Waals surface area contributed by atoms with Crippen LogP contribution in [0.5, 0.6) is 11.5 Å². The fourth-order valence-corrected chi connectivity index (χ4v) is 3.97. The molecule has 148 valence electrons. The first-order valence-electron chi connectivity index (χ1n) is 9.46. The van der Waals surface area contributed by atoms with Crippen molar-refractivity contribution in [1.82, 2.24) is 25.1 Å². The SMILES string of the molecule is COc1cc2nc(CN3CCC(c4cn[nH]c4C)CC3)[nH]c(=O)c2cc1OC. The predicted octanol–water partition coefficient (Wildman–Crippen LogP) is 2.35. The summed E-state index contributed by atoms with van der Waals surface area (Å²) in [6.45, 7) is 4.62. The zero-order valence-electron chi connectivity index (χ0n) is 16.4. The second-order valence-electron chi connectivity index (χ2n) is 7.24. The summed E-state index contributed by atoms with van der Waals surface area (Å²) in [6.07, 6.45) is 4.09. The molecule has 0 bridgehead atoms. The van der Waals surface area contributed by atoms with E-state index in [0.717, 1.165) is 31.6 Å². The van der Waals surface area contributed by atoms with Crippen LogP contribution < -0.4 is 15.0 Å². The van der Waals surface area contributed by atoms with Gasteiger partial charge in [0.05, 0.1) is 37.9 Å². The molecule has 0 unspecified atom stereocenters. The first-order valence-corrected chi connectivity index (χ1v) is 9.46. The number of ether oxygens (including phenoxy) is 2. The molecule has 0 amide bonds.